The lowest BCUT2D eigenvalue weighted by Gasteiger charge is -2.14. The van der Waals surface area contributed by atoms with E-state index in [1.165, 1.54) is 14.2 Å². The second-order valence-electron chi connectivity index (χ2n) is 7.81. The molecule has 7 heteroatoms. The molecule has 4 aromatic rings. The number of benzene rings is 3. The number of fused-ring (bicyclic) bond motifs is 1. The summed E-state index contributed by atoms with van der Waals surface area (Å²) in [5.74, 6) is 0.845. The summed E-state index contributed by atoms with van der Waals surface area (Å²) in [6.45, 7) is 3.52. The molecule has 0 atom stereocenters. The fourth-order valence-corrected chi connectivity index (χ4v) is 3.71. The summed E-state index contributed by atoms with van der Waals surface area (Å²) < 4.78 is 22.7. The molecule has 0 saturated heterocycles. The van der Waals surface area contributed by atoms with E-state index in [0.29, 0.717) is 38.6 Å². The number of aryl methyl sites for hydroxylation is 2. The summed E-state index contributed by atoms with van der Waals surface area (Å²) >= 11 is 5.91. The highest BCUT2D eigenvalue weighted by atomic mass is 35.5. The zero-order valence-electron chi connectivity index (χ0n) is 19.2. The number of rotatable bonds is 7. The molecule has 0 spiro atoms. The molecule has 174 valence electrons. The third-order valence-electron chi connectivity index (χ3n) is 5.62. The van der Waals surface area contributed by atoms with Crippen molar-refractivity contribution in [3.63, 3.8) is 0 Å². The number of hydrogen-bond acceptors (Lipinski definition) is 6. The minimum absolute atomic E-state index is 0.0507. The van der Waals surface area contributed by atoms with Crippen LogP contribution in [0.1, 0.15) is 21.5 Å². The fourth-order valence-electron chi connectivity index (χ4n) is 3.59. The van der Waals surface area contributed by atoms with Crippen LogP contribution in [0.3, 0.4) is 0 Å². The molecule has 4 rings (SSSR count). The molecule has 0 aliphatic rings. The van der Waals surface area contributed by atoms with Crippen LogP contribution in [-0.4, -0.2) is 26.6 Å². The van der Waals surface area contributed by atoms with Crippen molar-refractivity contribution in [3.05, 3.63) is 86.5 Å². The zero-order valence-corrected chi connectivity index (χ0v) is 20.0. The van der Waals surface area contributed by atoms with Crippen LogP contribution in [0.15, 0.2) is 63.8 Å². The number of carbonyl (C=O) groups is 1. The zero-order chi connectivity index (χ0) is 24.4. The van der Waals surface area contributed by atoms with Crippen LogP contribution in [0.5, 0.6) is 17.2 Å². The summed E-state index contributed by atoms with van der Waals surface area (Å²) in [5, 5.41) is 0.898. The van der Waals surface area contributed by atoms with Gasteiger partial charge in [0.1, 0.15) is 5.58 Å². The summed E-state index contributed by atoms with van der Waals surface area (Å²) in [4.78, 5) is 26.2. The Morgan fingerprint density at radius 1 is 0.912 bits per heavy atom. The lowest BCUT2D eigenvalue weighted by atomic mass is 10.0. The van der Waals surface area contributed by atoms with Gasteiger partial charge >= 0.3 is 0 Å². The third kappa shape index (κ3) is 4.50. The van der Waals surface area contributed by atoms with Gasteiger partial charge in [-0.25, -0.2) is 0 Å². The lowest BCUT2D eigenvalue weighted by Crippen LogP contribution is -2.17. The van der Waals surface area contributed by atoms with Gasteiger partial charge in [-0.3, -0.25) is 9.59 Å². The first-order valence-electron chi connectivity index (χ1n) is 10.5. The Hall–Kier alpha value is -3.77. The maximum absolute atomic E-state index is 13.5. The number of methoxy groups -OCH3 is 2. The van der Waals surface area contributed by atoms with Crippen LogP contribution in [0.25, 0.3) is 22.3 Å². The Morgan fingerprint density at radius 3 is 2.26 bits per heavy atom. The molecule has 0 radical (unpaired) electrons. The standard InChI is InChI=1S/C27H23ClO6/c1-15-11-20-23(12-16(15)2)34-26(18-7-10-22(31-3)24(13-18)32-4)27(25(20)30)33-14-21(29)17-5-8-19(28)9-6-17/h5-13H,14H2,1-4H3. The Morgan fingerprint density at radius 2 is 1.59 bits per heavy atom. The van der Waals surface area contributed by atoms with Gasteiger partial charge in [-0.1, -0.05) is 11.6 Å². The maximum atomic E-state index is 13.5. The van der Waals surface area contributed by atoms with Crippen LogP contribution in [0, 0.1) is 13.8 Å². The van der Waals surface area contributed by atoms with E-state index in [-0.39, 0.29) is 29.3 Å². The van der Waals surface area contributed by atoms with Crippen molar-refractivity contribution in [3.8, 4) is 28.6 Å². The molecule has 0 aliphatic carbocycles. The Balaban J connectivity index is 1.83. The number of ketones is 1. The molecule has 3 aromatic carbocycles. The van der Waals surface area contributed by atoms with Crippen molar-refractivity contribution in [1.29, 1.82) is 0 Å². The number of halogens is 1. The Bertz CT molecular complexity index is 1440. The number of carbonyl (C=O) groups excluding carboxylic acids is 1. The predicted molar refractivity (Wildman–Crippen MR) is 132 cm³/mol. The molecule has 0 saturated carbocycles. The van der Waals surface area contributed by atoms with Gasteiger partial charge in [-0.05, 0) is 79.6 Å². The van der Waals surface area contributed by atoms with Gasteiger partial charge in [0, 0.05) is 16.1 Å². The van der Waals surface area contributed by atoms with Crippen molar-refractivity contribution in [2.45, 2.75) is 13.8 Å². The van der Waals surface area contributed by atoms with Gasteiger partial charge in [0.05, 0.1) is 19.6 Å². The quantitative estimate of drug-likeness (QED) is 0.303. The SMILES string of the molecule is COc1ccc(-c2oc3cc(C)c(C)cc3c(=O)c2OCC(=O)c2ccc(Cl)cc2)cc1OC. The first-order valence-corrected chi connectivity index (χ1v) is 10.9. The van der Waals surface area contributed by atoms with E-state index in [4.69, 9.17) is 30.2 Å². The van der Waals surface area contributed by atoms with Crippen LogP contribution >= 0.6 is 11.6 Å². The fraction of sp³-hybridized carbons (Fsp3) is 0.185. The van der Waals surface area contributed by atoms with Crippen molar-refractivity contribution in [2.24, 2.45) is 0 Å². The summed E-state index contributed by atoms with van der Waals surface area (Å²) in [6.07, 6.45) is 0. The Labute approximate surface area is 201 Å². The van der Waals surface area contributed by atoms with E-state index >= 15 is 0 Å². The highest BCUT2D eigenvalue weighted by molar-refractivity contribution is 6.30. The molecule has 0 aliphatic heterocycles. The van der Waals surface area contributed by atoms with Crippen molar-refractivity contribution < 1.29 is 23.4 Å². The van der Waals surface area contributed by atoms with Crippen molar-refractivity contribution >= 4 is 28.4 Å². The monoisotopic (exact) mass is 478 g/mol. The van der Waals surface area contributed by atoms with E-state index in [2.05, 4.69) is 0 Å². The molecule has 0 amide bonds. The molecule has 0 unspecified atom stereocenters. The molecule has 1 aromatic heterocycles. The highest BCUT2D eigenvalue weighted by Crippen LogP contribution is 2.37. The predicted octanol–water partition coefficient (Wildman–Crippen LogP) is 6.01. The first kappa shape index (κ1) is 23.4. The normalized spacial score (nSPS) is 10.9. The number of Topliss-reactive ketones (excluding diaryl/α,β-unsaturated/α-hetero) is 1. The maximum Gasteiger partial charge on any atom is 0.235 e. The molecular weight excluding hydrogens is 456 g/mol. The first-order chi connectivity index (χ1) is 16.3. The molecule has 1 heterocycles. The van der Waals surface area contributed by atoms with Crippen LogP contribution < -0.4 is 19.6 Å². The second kappa shape index (κ2) is 9.61. The van der Waals surface area contributed by atoms with Crippen LogP contribution in [0.4, 0.5) is 0 Å². The minimum atomic E-state index is -0.363. The van der Waals surface area contributed by atoms with Gasteiger partial charge < -0.3 is 18.6 Å². The number of hydrogen-bond donors (Lipinski definition) is 0. The molecule has 0 fully saturated rings. The average molecular weight is 479 g/mol. The smallest absolute Gasteiger partial charge is 0.235 e. The molecule has 0 N–H and O–H groups in total. The molecular formula is C27H23ClO6. The third-order valence-corrected chi connectivity index (χ3v) is 5.88. The second-order valence-corrected chi connectivity index (χ2v) is 8.25. The van der Waals surface area contributed by atoms with Gasteiger partial charge in [0.15, 0.2) is 29.6 Å². The van der Waals surface area contributed by atoms with E-state index in [1.807, 2.05) is 19.9 Å². The summed E-state index contributed by atoms with van der Waals surface area (Å²) in [5.41, 5.74) is 2.96. The Kier molecular flexibility index (Phi) is 6.61. The molecule has 6 nitrogen and oxygen atoms in total. The minimum Gasteiger partial charge on any atom is -0.493 e. The highest BCUT2D eigenvalue weighted by Gasteiger charge is 2.21. The largest absolute Gasteiger partial charge is 0.493 e. The van der Waals surface area contributed by atoms with Crippen molar-refractivity contribution in [1.82, 2.24) is 0 Å². The van der Waals surface area contributed by atoms with E-state index in [9.17, 15) is 9.59 Å². The average Bonchev–Trinajstić information content (AvgIpc) is 2.84. The summed E-state index contributed by atoms with van der Waals surface area (Å²) in [7, 11) is 3.06. The molecule has 34 heavy (non-hydrogen) atoms. The van der Waals surface area contributed by atoms with Gasteiger partial charge in [-0.15, -0.1) is 0 Å². The van der Waals surface area contributed by atoms with Gasteiger partial charge in [0.2, 0.25) is 11.2 Å². The van der Waals surface area contributed by atoms with E-state index in [0.717, 1.165) is 11.1 Å². The van der Waals surface area contributed by atoms with Gasteiger partial charge in [-0.2, -0.15) is 0 Å². The van der Waals surface area contributed by atoms with E-state index < -0.39 is 0 Å². The topological polar surface area (TPSA) is 75.0 Å². The number of ether oxygens (including phenoxy) is 3. The summed E-state index contributed by atoms with van der Waals surface area (Å²) in [6, 6.07) is 15.2. The van der Waals surface area contributed by atoms with E-state index in [1.54, 1.807) is 48.5 Å². The molecule has 0 bridgehead atoms. The van der Waals surface area contributed by atoms with Crippen LogP contribution in [-0.2, 0) is 0 Å². The lowest BCUT2D eigenvalue weighted by molar-refractivity contribution is 0.0920. The van der Waals surface area contributed by atoms with Crippen molar-refractivity contribution in [2.75, 3.05) is 20.8 Å². The van der Waals surface area contributed by atoms with Gasteiger partial charge in [0.25, 0.3) is 0 Å². The van der Waals surface area contributed by atoms with Crippen LogP contribution in [0.2, 0.25) is 5.02 Å².